The van der Waals surface area contributed by atoms with Crippen LogP contribution in [0.2, 0.25) is 0 Å². The molecule has 0 atom stereocenters. The molecule has 0 spiro atoms. The number of rotatable bonds is 1. The predicted molar refractivity (Wildman–Crippen MR) is 90.5 cm³/mol. The lowest BCUT2D eigenvalue weighted by molar-refractivity contribution is -0.110. The van der Waals surface area contributed by atoms with Gasteiger partial charge in [0.15, 0.2) is 5.71 Å². The molecule has 1 amide bonds. The topological polar surface area (TPSA) is 85.2 Å². The van der Waals surface area contributed by atoms with E-state index >= 15 is 0 Å². The third kappa shape index (κ3) is 2.15. The number of oxime groups is 1. The van der Waals surface area contributed by atoms with Crippen LogP contribution in [0.5, 0.6) is 5.75 Å². The SMILES string of the molecule is CN1CCc2c(-c3cccc(O)c3)cc3c(c2C1)NC(=O)/C3=N/O. The number of fused-ring (bicyclic) bond motifs is 3. The molecule has 0 unspecified atom stereocenters. The van der Waals surface area contributed by atoms with E-state index in [0.29, 0.717) is 12.1 Å². The molecule has 0 aliphatic carbocycles. The Bertz CT molecular complexity index is 889. The number of benzene rings is 2. The van der Waals surface area contributed by atoms with Gasteiger partial charge in [0, 0.05) is 18.7 Å². The highest BCUT2D eigenvalue weighted by molar-refractivity contribution is 6.54. The highest BCUT2D eigenvalue weighted by Gasteiger charge is 2.33. The standard InChI is InChI=1S/C18H17N3O3/c1-21-6-5-12-13(10-3-2-4-11(22)7-10)8-14-16(15(12)9-21)19-18(23)17(14)20-24/h2-4,7-8,22,24H,5-6,9H2,1H3,(H,19,20,23). The highest BCUT2D eigenvalue weighted by atomic mass is 16.4. The van der Waals surface area contributed by atoms with E-state index in [9.17, 15) is 15.1 Å². The van der Waals surface area contributed by atoms with Gasteiger partial charge < -0.3 is 20.5 Å². The van der Waals surface area contributed by atoms with Crippen molar-refractivity contribution in [2.75, 3.05) is 18.9 Å². The Morgan fingerprint density at radius 3 is 2.79 bits per heavy atom. The largest absolute Gasteiger partial charge is 0.508 e. The van der Waals surface area contributed by atoms with Crippen LogP contribution in [-0.4, -0.2) is 40.4 Å². The second kappa shape index (κ2) is 5.35. The van der Waals surface area contributed by atoms with Crippen molar-refractivity contribution < 1.29 is 15.1 Å². The number of nitrogens with zero attached hydrogens (tertiary/aromatic N) is 2. The summed E-state index contributed by atoms with van der Waals surface area (Å²) in [7, 11) is 2.04. The summed E-state index contributed by atoms with van der Waals surface area (Å²) in [5.41, 5.74) is 5.43. The van der Waals surface area contributed by atoms with E-state index in [4.69, 9.17) is 0 Å². The lowest BCUT2D eigenvalue weighted by Gasteiger charge is -2.29. The number of anilines is 1. The number of carbonyl (C=O) groups is 1. The van der Waals surface area contributed by atoms with Crippen LogP contribution >= 0.6 is 0 Å². The van der Waals surface area contributed by atoms with Crippen molar-refractivity contribution in [2.45, 2.75) is 13.0 Å². The average Bonchev–Trinajstić information content (AvgIpc) is 2.89. The number of likely N-dealkylation sites (N-methyl/N-ethyl adjacent to an activating group) is 1. The van der Waals surface area contributed by atoms with Crippen LogP contribution in [0.4, 0.5) is 5.69 Å². The van der Waals surface area contributed by atoms with Crippen molar-refractivity contribution in [1.82, 2.24) is 4.90 Å². The molecule has 0 bridgehead atoms. The highest BCUT2D eigenvalue weighted by Crippen LogP contribution is 2.40. The summed E-state index contributed by atoms with van der Waals surface area (Å²) in [6.45, 7) is 1.63. The van der Waals surface area contributed by atoms with Gasteiger partial charge >= 0.3 is 0 Å². The first-order chi connectivity index (χ1) is 11.6. The molecule has 24 heavy (non-hydrogen) atoms. The summed E-state index contributed by atoms with van der Waals surface area (Å²) < 4.78 is 0. The van der Waals surface area contributed by atoms with Gasteiger partial charge in [-0.1, -0.05) is 17.3 Å². The van der Waals surface area contributed by atoms with Crippen LogP contribution in [0.1, 0.15) is 16.7 Å². The van der Waals surface area contributed by atoms with Crippen LogP contribution in [0.25, 0.3) is 11.1 Å². The molecule has 6 nitrogen and oxygen atoms in total. The number of hydrogen-bond donors (Lipinski definition) is 3. The summed E-state index contributed by atoms with van der Waals surface area (Å²) in [6, 6.07) is 8.94. The van der Waals surface area contributed by atoms with Crippen LogP contribution in [-0.2, 0) is 17.8 Å². The monoisotopic (exact) mass is 323 g/mol. The fourth-order valence-electron chi connectivity index (χ4n) is 3.55. The molecule has 2 aliphatic rings. The average molecular weight is 323 g/mol. The number of amides is 1. The molecule has 0 saturated heterocycles. The van der Waals surface area contributed by atoms with Crippen molar-refractivity contribution in [2.24, 2.45) is 5.16 Å². The minimum absolute atomic E-state index is 0.0300. The molecule has 2 aliphatic heterocycles. The minimum Gasteiger partial charge on any atom is -0.508 e. The van der Waals surface area contributed by atoms with E-state index in [2.05, 4.69) is 15.4 Å². The van der Waals surface area contributed by atoms with Gasteiger partial charge in [0.05, 0.1) is 5.69 Å². The molecule has 3 N–H and O–H groups in total. The molecule has 0 radical (unpaired) electrons. The van der Waals surface area contributed by atoms with E-state index in [1.807, 2.05) is 19.2 Å². The molecule has 4 rings (SSSR count). The van der Waals surface area contributed by atoms with Crippen molar-refractivity contribution in [3.05, 3.63) is 47.0 Å². The summed E-state index contributed by atoms with van der Waals surface area (Å²) in [5, 5.41) is 25.0. The van der Waals surface area contributed by atoms with E-state index in [1.165, 1.54) is 0 Å². The smallest absolute Gasteiger partial charge is 0.278 e. The van der Waals surface area contributed by atoms with Gasteiger partial charge in [-0.25, -0.2) is 0 Å². The Labute approximate surface area is 139 Å². The Hall–Kier alpha value is -2.86. The van der Waals surface area contributed by atoms with Gasteiger partial charge in [0.2, 0.25) is 0 Å². The zero-order valence-electron chi connectivity index (χ0n) is 13.2. The maximum atomic E-state index is 12.1. The number of nitrogens with one attached hydrogen (secondary N) is 1. The molecule has 0 aromatic heterocycles. The molecule has 2 aromatic carbocycles. The predicted octanol–water partition coefficient (Wildman–Crippen LogP) is 2.18. The molecule has 2 aromatic rings. The normalized spacial score (nSPS) is 18.4. The number of phenols is 1. The molecular weight excluding hydrogens is 306 g/mol. The zero-order valence-corrected chi connectivity index (χ0v) is 13.2. The van der Waals surface area contributed by atoms with Crippen LogP contribution < -0.4 is 5.32 Å². The first-order valence-electron chi connectivity index (χ1n) is 7.79. The summed E-state index contributed by atoms with van der Waals surface area (Å²) >= 11 is 0. The molecule has 122 valence electrons. The second-order valence-corrected chi connectivity index (χ2v) is 6.24. The first-order valence-corrected chi connectivity index (χ1v) is 7.79. The van der Waals surface area contributed by atoms with Gasteiger partial charge in [-0.05, 0) is 53.9 Å². The first kappa shape index (κ1) is 14.7. The third-order valence-corrected chi connectivity index (χ3v) is 4.69. The van der Waals surface area contributed by atoms with Crippen molar-refractivity contribution in [1.29, 1.82) is 0 Å². The van der Waals surface area contributed by atoms with Crippen molar-refractivity contribution >= 4 is 17.3 Å². The Morgan fingerprint density at radius 1 is 1.21 bits per heavy atom. The second-order valence-electron chi connectivity index (χ2n) is 6.24. The fraction of sp³-hybridized carbons (Fsp3) is 0.222. The summed E-state index contributed by atoms with van der Waals surface area (Å²) in [6.07, 6.45) is 0.853. The minimum atomic E-state index is -0.393. The lowest BCUT2D eigenvalue weighted by Crippen LogP contribution is -2.27. The van der Waals surface area contributed by atoms with Gasteiger partial charge in [-0.3, -0.25) is 4.79 Å². The van der Waals surface area contributed by atoms with E-state index in [0.717, 1.165) is 40.9 Å². The maximum absolute atomic E-state index is 12.1. The molecule has 6 heteroatoms. The quantitative estimate of drug-likeness (QED) is 0.555. The van der Waals surface area contributed by atoms with E-state index < -0.39 is 5.91 Å². The van der Waals surface area contributed by atoms with Gasteiger partial charge in [0.25, 0.3) is 5.91 Å². The Balaban J connectivity index is 2.00. The number of hydrogen-bond acceptors (Lipinski definition) is 5. The maximum Gasteiger partial charge on any atom is 0.278 e. The van der Waals surface area contributed by atoms with Gasteiger partial charge in [-0.2, -0.15) is 0 Å². The van der Waals surface area contributed by atoms with E-state index in [-0.39, 0.29) is 11.5 Å². The number of carbonyl (C=O) groups excluding carboxylic acids is 1. The van der Waals surface area contributed by atoms with Crippen LogP contribution in [0, 0.1) is 0 Å². The summed E-state index contributed by atoms with van der Waals surface area (Å²) in [4.78, 5) is 14.3. The molecule has 0 fully saturated rings. The zero-order chi connectivity index (χ0) is 16.8. The van der Waals surface area contributed by atoms with Gasteiger partial charge in [0.1, 0.15) is 5.75 Å². The van der Waals surface area contributed by atoms with Crippen molar-refractivity contribution in [3.8, 4) is 16.9 Å². The molecule has 0 saturated carbocycles. The third-order valence-electron chi connectivity index (χ3n) is 4.69. The molecular formula is C18H17N3O3. The molecule has 2 heterocycles. The Kier molecular flexibility index (Phi) is 3.28. The number of aromatic hydroxyl groups is 1. The van der Waals surface area contributed by atoms with Crippen molar-refractivity contribution in [3.63, 3.8) is 0 Å². The summed E-state index contributed by atoms with van der Waals surface area (Å²) in [5.74, 6) is -0.198. The fourth-order valence-corrected chi connectivity index (χ4v) is 3.55. The van der Waals surface area contributed by atoms with Gasteiger partial charge in [-0.15, -0.1) is 0 Å². The van der Waals surface area contributed by atoms with Crippen LogP contribution in [0.15, 0.2) is 35.5 Å². The Morgan fingerprint density at radius 2 is 2.04 bits per heavy atom. The van der Waals surface area contributed by atoms with Crippen LogP contribution in [0.3, 0.4) is 0 Å². The van der Waals surface area contributed by atoms with E-state index in [1.54, 1.807) is 18.2 Å². The number of phenolic OH excluding ortho intramolecular Hbond substituents is 1. The lowest BCUT2D eigenvalue weighted by atomic mass is 9.87.